The van der Waals surface area contributed by atoms with Gasteiger partial charge in [-0.3, -0.25) is 16.0 Å². The molecule has 0 saturated heterocycles. The molecule has 0 radical (unpaired) electrons. The fourth-order valence-electron chi connectivity index (χ4n) is 2.23. The normalized spacial score (nSPS) is 12.4. The highest BCUT2D eigenvalue weighted by molar-refractivity contribution is 5.32. The van der Waals surface area contributed by atoms with Crippen LogP contribution in [0.4, 0.5) is 4.39 Å². The van der Waals surface area contributed by atoms with E-state index in [9.17, 15) is 4.39 Å². The molecule has 2 aromatic rings. The highest BCUT2D eigenvalue weighted by atomic mass is 19.1. The molecule has 0 aliphatic carbocycles. The first-order valence-corrected chi connectivity index (χ1v) is 6.34. The lowest BCUT2D eigenvalue weighted by atomic mass is 10.0. The summed E-state index contributed by atoms with van der Waals surface area (Å²) in [5.41, 5.74) is 5.62. The number of benzene rings is 1. The van der Waals surface area contributed by atoms with E-state index < -0.39 is 0 Å². The average Bonchev–Trinajstić information content (AvgIpc) is 2.75. The van der Waals surface area contributed by atoms with Crippen LogP contribution in [0.15, 0.2) is 24.3 Å². The Morgan fingerprint density at radius 1 is 1.45 bits per heavy atom. The molecule has 5 nitrogen and oxygen atoms in total. The smallest absolute Gasteiger partial charge is 0.165 e. The van der Waals surface area contributed by atoms with Crippen LogP contribution in [0.5, 0.6) is 5.75 Å². The Bertz CT molecular complexity index is 597. The summed E-state index contributed by atoms with van der Waals surface area (Å²) < 4.78 is 20.3. The molecule has 1 unspecified atom stereocenters. The number of aryl methyl sites for hydroxylation is 2. The van der Waals surface area contributed by atoms with Crippen LogP contribution in [-0.2, 0) is 13.5 Å². The van der Waals surface area contributed by atoms with E-state index in [-0.39, 0.29) is 17.6 Å². The minimum Gasteiger partial charge on any atom is -0.494 e. The van der Waals surface area contributed by atoms with Crippen molar-refractivity contribution >= 4 is 0 Å². The molecule has 1 heterocycles. The monoisotopic (exact) mass is 278 g/mol. The van der Waals surface area contributed by atoms with Crippen molar-refractivity contribution in [3.8, 4) is 5.75 Å². The number of rotatable bonds is 5. The maximum absolute atomic E-state index is 13.4. The lowest BCUT2D eigenvalue weighted by molar-refractivity contribution is 0.384. The van der Waals surface area contributed by atoms with Gasteiger partial charge in [0.05, 0.1) is 18.8 Å². The quantitative estimate of drug-likeness (QED) is 0.644. The van der Waals surface area contributed by atoms with Gasteiger partial charge in [-0.05, 0) is 30.7 Å². The summed E-state index contributed by atoms with van der Waals surface area (Å²) in [6, 6.07) is 6.60. The first-order chi connectivity index (χ1) is 9.55. The zero-order valence-electron chi connectivity index (χ0n) is 11.9. The van der Waals surface area contributed by atoms with Gasteiger partial charge in [0.2, 0.25) is 0 Å². The second-order valence-corrected chi connectivity index (χ2v) is 4.72. The molecule has 0 spiro atoms. The van der Waals surface area contributed by atoms with Crippen LogP contribution in [0.2, 0.25) is 0 Å². The van der Waals surface area contributed by atoms with Gasteiger partial charge in [0, 0.05) is 19.2 Å². The number of hydrazine groups is 1. The van der Waals surface area contributed by atoms with Gasteiger partial charge in [0.15, 0.2) is 11.6 Å². The molecule has 1 aromatic carbocycles. The number of nitrogens with one attached hydrogen (secondary N) is 1. The molecule has 20 heavy (non-hydrogen) atoms. The topological polar surface area (TPSA) is 65.1 Å². The minimum absolute atomic E-state index is 0.140. The van der Waals surface area contributed by atoms with Crippen molar-refractivity contribution in [1.29, 1.82) is 0 Å². The summed E-state index contributed by atoms with van der Waals surface area (Å²) in [6.45, 7) is 1.94. The minimum atomic E-state index is -0.386. The van der Waals surface area contributed by atoms with Gasteiger partial charge in [0.25, 0.3) is 0 Å². The fraction of sp³-hybridized carbons (Fsp3) is 0.357. The molecule has 0 fully saturated rings. The largest absolute Gasteiger partial charge is 0.494 e. The van der Waals surface area contributed by atoms with Crippen LogP contribution in [0.1, 0.15) is 23.0 Å². The molecule has 3 N–H and O–H groups in total. The van der Waals surface area contributed by atoms with Gasteiger partial charge in [-0.1, -0.05) is 6.07 Å². The number of halogens is 1. The second-order valence-electron chi connectivity index (χ2n) is 4.72. The Morgan fingerprint density at radius 2 is 2.20 bits per heavy atom. The molecule has 0 aliphatic rings. The Hall–Kier alpha value is -1.92. The first-order valence-electron chi connectivity index (χ1n) is 6.34. The molecule has 1 aromatic heterocycles. The van der Waals surface area contributed by atoms with E-state index in [4.69, 9.17) is 10.6 Å². The highest BCUT2D eigenvalue weighted by Gasteiger charge is 2.15. The van der Waals surface area contributed by atoms with Gasteiger partial charge in [-0.2, -0.15) is 5.10 Å². The summed E-state index contributed by atoms with van der Waals surface area (Å²) >= 11 is 0. The Morgan fingerprint density at radius 3 is 2.75 bits per heavy atom. The predicted molar refractivity (Wildman–Crippen MR) is 74.7 cm³/mol. The number of ether oxygens (including phenoxy) is 1. The van der Waals surface area contributed by atoms with E-state index in [0.717, 1.165) is 17.0 Å². The van der Waals surface area contributed by atoms with Crippen LogP contribution in [0, 0.1) is 12.7 Å². The van der Waals surface area contributed by atoms with Gasteiger partial charge in [0.1, 0.15) is 0 Å². The molecule has 0 aliphatic heterocycles. The number of aromatic nitrogens is 2. The lowest BCUT2D eigenvalue weighted by Gasteiger charge is -2.17. The summed E-state index contributed by atoms with van der Waals surface area (Å²) in [4.78, 5) is 0. The molecule has 2 rings (SSSR count). The van der Waals surface area contributed by atoms with Crippen LogP contribution < -0.4 is 16.0 Å². The zero-order chi connectivity index (χ0) is 14.7. The highest BCUT2D eigenvalue weighted by Crippen LogP contribution is 2.24. The third-order valence-electron chi connectivity index (χ3n) is 3.29. The average molecular weight is 278 g/mol. The fourth-order valence-corrected chi connectivity index (χ4v) is 2.23. The van der Waals surface area contributed by atoms with Crippen LogP contribution in [0.3, 0.4) is 0 Å². The lowest BCUT2D eigenvalue weighted by Crippen LogP contribution is -2.30. The van der Waals surface area contributed by atoms with Crippen molar-refractivity contribution in [2.45, 2.75) is 19.4 Å². The number of nitrogens with two attached hydrogens (primary N) is 1. The van der Waals surface area contributed by atoms with Crippen LogP contribution in [0.25, 0.3) is 0 Å². The molecule has 1 atom stereocenters. The Labute approximate surface area is 117 Å². The van der Waals surface area contributed by atoms with E-state index in [1.807, 2.05) is 24.7 Å². The zero-order valence-corrected chi connectivity index (χ0v) is 11.9. The third-order valence-corrected chi connectivity index (χ3v) is 3.29. The van der Waals surface area contributed by atoms with E-state index >= 15 is 0 Å². The van der Waals surface area contributed by atoms with E-state index in [1.165, 1.54) is 13.2 Å². The summed E-state index contributed by atoms with van der Waals surface area (Å²) in [5.74, 6) is 5.45. The third kappa shape index (κ3) is 2.97. The molecule has 108 valence electrons. The van der Waals surface area contributed by atoms with Crippen molar-refractivity contribution < 1.29 is 9.13 Å². The first kappa shape index (κ1) is 14.5. The number of hydrogen-bond donors (Lipinski definition) is 2. The summed E-state index contributed by atoms with van der Waals surface area (Å²) in [6.07, 6.45) is 0.655. The Balaban J connectivity index is 2.26. The molecule has 0 saturated carbocycles. The van der Waals surface area contributed by atoms with E-state index in [1.54, 1.807) is 12.1 Å². The number of methoxy groups -OCH3 is 1. The van der Waals surface area contributed by atoms with Crippen molar-refractivity contribution in [3.05, 3.63) is 47.0 Å². The number of nitrogens with zero attached hydrogens (tertiary/aromatic N) is 2. The van der Waals surface area contributed by atoms with Crippen molar-refractivity contribution in [3.63, 3.8) is 0 Å². The predicted octanol–water partition coefficient (Wildman–Crippen LogP) is 1.62. The molecule has 0 bridgehead atoms. The summed E-state index contributed by atoms with van der Waals surface area (Å²) in [5, 5.41) is 4.30. The Kier molecular flexibility index (Phi) is 4.36. The van der Waals surface area contributed by atoms with Crippen LogP contribution >= 0.6 is 0 Å². The second kappa shape index (κ2) is 6.02. The SMILES string of the molecule is COc1cc(C(Cc2cc(C)nn2C)NN)ccc1F. The van der Waals surface area contributed by atoms with Gasteiger partial charge in [-0.15, -0.1) is 0 Å². The molecular weight excluding hydrogens is 259 g/mol. The van der Waals surface area contributed by atoms with Crippen molar-refractivity contribution in [1.82, 2.24) is 15.2 Å². The van der Waals surface area contributed by atoms with Crippen molar-refractivity contribution in [2.75, 3.05) is 7.11 Å². The van der Waals surface area contributed by atoms with Crippen LogP contribution in [-0.4, -0.2) is 16.9 Å². The van der Waals surface area contributed by atoms with Gasteiger partial charge >= 0.3 is 0 Å². The van der Waals surface area contributed by atoms with Gasteiger partial charge in [-0.25, -0.2) is 4.39 Å². The number of hydrogen-bond acceptors (Lipinski definition) is 4. The van der Waals surface area contributed by atoms with Gasteiger partial charge < -0.3 is 4.74 Å². The molecule has 6 heteroatoms. The maximum Gasteiger partial charge on any atom is 0.165 e. The maximum atomic E-state index is 13.4. The molecular formula is C14H19FN4O. The van der Waals surface area contributed by atoms with E-state index in [2.05, 4.69) is 10.5 Å². The summed E-state index contributed by atoms with van der Waals surface area (Å²) in [7, 11) is 3.33. The standard InChI is InChI=1S/C14H19FN4O/c1-9-6-11(19(2)18-9)8-13(17-16)10-4-5-12(15)14(7-10)20-3/h4-7,13,17H,8,16H2,1-3H3. The van der Waals surface area contributed by atoms with E-state index in [0.29, 0.717) is 6.42 Å². The van der Waals surface area contributed by atoms with Crippen molar-refractivity contribution in [2.24, 2.45) is 12.9 Å². The molecule has 0 amide bonds.